The van der Waals surface area contributed by atoms with E-state index in [9.17, 15) is 14.7 Å². The first-order chi connectivity index (χ1) is 31.9. The number of aryl methyl sites for hydroxylation is 1. The molecule has 0 saturated heterocycles. The third kappa shape index (κ3) is 18.3. The van der Waals surface area contributed by atoms with E-state index in [-0.39, 0.29) is 18.4 Å². The molecule has 5 aromatic rings. The molecule has 0 heterocycles. The lowest BCUT2D eigenvalue weighted by Gasteiger charge is -2.24. The molecule has 0 fully saturated rings. The molecule has 0 amide bonds. The summed E-state index contributed by atoms with van der Waals surface area (Å²) in [4.78, 5) is 10.9. The minimum atomic E-state index is -3.26. The number of ether oxygens (including phenoxy) is 2. The van der Waals surface area contributed by atoms with Gasteiger partial charge in [-0.15, -0.1) is 0 Å². The quantitative estimate of drug-likeness (QED) is 0.0128. The molecule has 2 atom stereocenters. The van der Waals surface area contributed by atoms with E-state index in [4.69, 9.17) is 14.0 Å². The van der Waals surface area contributed by atoms with Crippen LogP contribution in [0, 0.1) is 10.1 Å². The zero-order valence-electron chi connectivity index (χ0n) is 40.6. The average Bonchev–Trinajstić information content (AvgIpc) is 3.33. The van der Waals surface area contributed by atoms with Gasteiger partial charge in [-0.3, -0.25) is 14.7 Å². The summed E-state index contributed by atoms with van der Waals surface area (Å²) in [7, 11) is -3.26. The summed E-state index contributed by atoms with van der Waals surface area (Å²) in [6.07, 6.45) is 33.2. The monoisotopic (exact) mass is 910 g/mol. The molecule has 0 bridgehead atoms. The first kappa shape index (κ1) is 52.6. The molecule has 0 radical (unpaired) electrons. The summed E-state index contributed by atoms with van der Waals surface area (Å²) in [5.74, 6) is 0. The van der Waals surface area contributed by atoms with E-state index in [0.29, 0.717) is 31.3 Å². The van der Waals surface area contributed by atoms with Gasteiger partial charge >= 0.3 is 0 Å². The third-order valence-corrected chi connectivity index (χ3v) is 16.0. The van der Waals surface area contributed by atoms with Crippen molar-refractivity contribution in [3.63, 3.8) is 0 Å². The molecule has 1 unspecified atom stereocenters. The summed E-state index contributed by atoms with van der Waals surface area (Å²) in [5, 5.41) is 20.1. The predicted octanol–water partition coefficient (Wildman–Crippen LogP) is 17.2. The van der Waals surface area contributed by atoms with E-state index < -0.39 is 12.3 Å². The highest BCUT2D eigenvalue weighted by Crippen LogP contribution is 2.47. The maximum atomic E-state index is 14.4. The summed E-state index contributed by atoms with van der Waals surface area (Å²) < 4.78 is 33.3. The van der Waals surface area contributed by atoms with Crippen molar-refractivity contribution >= 4 is 50.7 Å². The first-order valence-electron chi connectivity index (χ1n) is 26.3. The Morgan fingerprint density at radius 1 is 0.523 bits per heavy atom. The Hall–Kier alpha value is -3.35. The number of nitro benzene ring substituents is 1. The van der Waals surface area contributed by atoms with Crippen LogP contribution in [-0.4, -0.2) is 43.6 Å². The number of rotatable bonds is 39. The van der Waals surface area contributed by atoms with Crippen molar-refractivity contribution in [3.8, 4) is 0 Å². The molecule has 358 valence electrons. The molecule has 0 aromatic heterocycles. The molecule has 0 N–H and O–H groups in total. The molecule has 0 aliphatic rings. The van der Waals surface area contributed by atoms with Crippen LogP contribution in [0.4, 0.5) is 5.69 Å². The Kier molecular flexibility index (Phi) is 25.0. The number of benzene rings is 5. The summed E-state index contributed by atoms with van der Waals surface area (Å²) in [6, 6.07) is 26.5. The van der Waals surface area contributed by atoms with Crippen molar-refractivity contribution in [1.29, 1.82) is 0 Å². The molecule has 7 nitrogen and oxygen atoms in total. The van der Waals surface area contributed by atoms with Gasteiger partial charge in [-0.25, -0.2) is 0 Å². The number of nitrogens with zero attached hydrogens (tertiary/aromatic N) is 1. The van der Waals surface area contributed by atoms with Gasteiger partial charge in [0, 0.05) is 36.8 Å². The standard InChI is InChI=1S/C57H84NO6P/c1-3-5-7-9-10-11-12-13-14-15-17-20-23-26-43-62-46-53(47-64-65(61,45-28-8-6-4-2)54-40-38-52(39-41-54)58(59)60)63-44-27-24-21-18-16-19-22-25-30-48-33-34-51-36-35-49-31-29-32-50-37-42-55(48)57(51)56(49)50/h29,31-42,53H,3-28,30,43-47H2,1-2H3/t53-,65?/m0/s1. The molecule has 0 saturated carbocycles. The van der Waals surface area contributed by atoms with Crippen LogP contribution in [0.15, 0.2) is 78.9 Å². The van der Waals surface area contributed by atoms with Gasteiger partial charge in [0.05, 0.1) is 18.1 Å². The lowest BCUT2D eigenvalue weighted by atomic mass is 9.90. The second kappa shape index (κ2) is 30.8. The Labute approximate surface area is 393 Å². The maximum Gasteiger partial charge on any atom is 0.269 e. The normalized spacial score (nSPS) is 13.3. The lowest BCUT2D eigenvalue weighted by Crippen LogP contribution is -2.27. The minimum absolute atomic E-state index is 0.0135. The van der Waals surface area contributed by atoms with Crippen LogP contribution in [-0.2, 0) is 25.0 Å². The SMILES string of the molecule is CCCCCCCCCCCCCCCCOC[C@@H](COP(=O)(CCCCCC)c1ccc([N+](=O)[O-])cc1)OCCCCCCCCCCc1ccc2ccc3cccc4ccc1c2c34. The van der Waals surface area contributed by atoms with E-state index >= 15 is 0 Å². The van der Waals surface area contributed by atoms with Crippen LogP contribution in [0.2, 0.25) is 0 Å². The van der Waals surface area contributed by atoms with E-state index in [1.54, 1.807) is 12.1 Å². The van der Waals surface area contributed by atoms with E-state index in [2.05, 4.69) is 68.4 Å². The van der Waals surface area contributed by atoms with Crippen molar-refractivity contribution in [2.24, 2.45) is 0 Å². The number of nitro groups is 1. The molecule has 8 heteroatoms. The maximum absolute atomic E-state index is 14.4. The topological polar surface area (TPSA) is 87.9 Å². The molecule has 65 heavy (non-hydrogen) atoms. The van der Waals surface area contributed by atoms with Crippen LogP contribution in [0.3, 0.4) is 0 Å². The van der Waals surface area contributed by atoms with Crippen LogP contribution in [0.1, 0.15) is 186 Å². The molecular weight excluding hydrogens is 826 g/mol. The number of unbranched alkanes of at least 4 members (excludes halogenated alkanes) is 23. The van der Waals surface area contributed by atoms with Gasteiger partial charge in [-0.1, -0.05) is 210 Å². The molecule has 0 aliphatic heterocycles. The van der Waals surface area contributed by atoms with Crippen LogP contribution in [0.25, 0.3) is 32.3 Å². The number of hydrogen-bond acceptors (Lipinski definition) is 6. The third-order valence-electron chi connectivity index (χ3n) is 13.5. The Bertz CT molecular complexity index is 2070. The van der Waals surface area contributed by atoms with E-state index in [1.165, 1.54) is 172 Å². The average molecular weight is 910 g/mol. The number of non-ortho nitro benzene ring substituents is 1. The van der Waals surface area contributed by atoms with Crippen molar-refractivity contribution in [3.05, 3.63) is 94.5 Å². The smallest absolute Gasteiger partial charge is 0.269 e. The Morgan fingerprint density at radius 3 is 1.60 bits per heavy atom. The first-order valence-corrected chi connectivity index (χ1v) is 28.1. The van der Waals surface area contributed by atoms with Crippen LogP contribution >= 0.6 is 7.37 Å². The fraction of sp³-hybridized carbons (Fsp3) is 0.614. The fourth-order valence-corrected chi connectivity index (χ4v) is 11.7. The van der Waals surface area contributed by atoms with Gasteiger partial charge in [-0.2, -0.15) is 0 Å². The van der Waals surface area contributed by atoms with Gasteiger partial charge in [-0.05, 0) is 82.1 Å². The van der Waals surface area contributed by atoms with Crippen molar-refractivity contribution < 1.29 is 23.5 Å². The van der Waals surface area contributed by atoms with Crippen molar-refractivity contribution in [1.82, 2.24) is 0 Å². The molecule has 0 aliphatic carbocycles. The fourth-order valence-electron chi connectivity index (χ4n) is 9.52. The summed E-state index contributed by atoms with van der Waals surface area (Å²) >= 11 is 0. The highest BCUT2D eigenvalue weighted by atomic mass is 31.2. The van der Waals surface area contributed by atoms with Crippen LogP contribution < -0.4 is 5.30 Å². The van der Waals surface area contributed by atoms with Gasteiger partial charge in [0.25, 0.3) is 5.69 Å². The van der Waals surface area contributed by atoms with Crippen molar-refractivity contribution in [2.45, 2.75) is 193 Å². The highest BCUT2D eigenvalue weighted by Gasteiger charge is 2.28. The second-order valence-electron chi connectivity index (χ2n) is 18.9. The van der Waals surface area contributed by atoms with Gasteiger partial charge < -0.3 is 14.0 Å². The van der Waals surface area contributed by atoms with Gasteiger partial charge in [0.2, 0.25) is 7.37 Å². The summed E-state index contributed by atoms with van der Waals surface area (Å²) in [6.45, 7) is 6.33. The van der Waals surface area contributed by atoms with Gasteiger partial charge in [0.15, 0.2) is 0 Å². The van der Waals surface area contributed by atoms with E-state index in [1.807, 2.05) is 0 Å². The van der Waals surface area contributed by atoms with Gasteiger partial charge in [0.1, 0.15) is 6.10 Å². The zero-order valence-corrected chi connectivity index (χ0v) is 41.4. The highest BCUT2D eigenvalue weighted by molar-refractivity contribution is 7.67. The molecule has 5 rings (SSSR count). The molecule has 5 aromatic carbocycles. The molecule has 0 spiro atoms. The van der Waals surface area contributed by atoms with Crippen molar-refractivity contribution in [2.75, 3.05) is 32.6 Å². The Balaban J connectivity index is 0.994. The van der Waals surface area contributed by atoms with E-state index in [0.717, 1.165) is 51.4 Å². The predicted molar refractivity (Wildman–Crippen MR) is 277 cm³/mol. The molecular formula is C57H84NO6P. The lowest BCUT2D eigenvalue weighted by molar-refractivity contribution is -0.384. The largest absolute Gasteiger partial charge is 0.379 e. The zero-order chi connectivity index (χ0) is 45.8. The Morgan fingerprint density at radius 2 is 1.02 bits per heavy atom. The van der Waals surface area contributed by atoms with Crippen LogP contribution in [0.5, 0.6) is 0 Å². The minimum Gasteiger partial charge on any atom is -0.379 e. The number of hydrogen-bond donors (Lipinski definition) is 0. The second-order valence-corrected chi connectivity index (χ2v) is 21.4. The summed E-state index contributed by atoms with van der Waals surface area (Å²) in [5.41, 5.74) is 1.46.